The molecule has 41 heavy (non-hydrogen) atoms. The predicted octanol–water partition coefficient (Wildman–Crippen LogP) is 5.54. The van der Waals surface area contributed by atoms with E-state index in [4.69, 9.17) is 0 Å². The highest BCUT2D eigenvalue weighted by Gasteiger charge is 2.35. The number of halogens is 3. The summed E-state index contributed by atoms with van der Waals surface area (Å²) >= 11 is 0. The first-order valence-corrected chi connectivity index (χ1v) is 14.6. The Morgan fingerprint density at radius 2 is 1.59 bits per heavy atom. The van der Waals surface area contributed by atoms with Crippen LogP contribution in [0.4, 0.5) is 18.9 Å². The summed E-state index contributed by atoms with van der Waals surface area (Å²) < 4.78 is 68.8. The van der Waals surface area contributed by atoms with E-state index < -0.39 is 46.2 Å². The monoisotopic (exact) mass is 589 g/mol. The number of sulfonamides is 1. The Balaban J connectivity index is 2.08. The molecule has 0 aliphatic heterocycles. The smallest absolute Gasteiger partial charge is 0.352 e. The van der Waals surface area contributed by atoms with E-state index in [1.165, 1.54) is 42.2 Å². The van der Waals surface area contributed by atoms with Gasteiger partial charge in [-0.3, -0.25) is 13.9 Å². The van der Waals surface area contributed by atoms with Crippen LogP contribution < -0.4 is 9.62 Å². The number of nitrogens with zero attached hydrogens (tertiary/aromatic N) is 2. The van der Waals surface area contributed by atoms with Crippen molar-refractivity contribution in [1.82, 2.24) is 10.2 Å². The molecule has 3 rings (SSSR count). The van der Waals surface area contributed by atoms with Crippen molar-refractivity contribution >= 4 is 27.5 Å². The highest BCUT2D eigenvalue weighted by Crippen LogP contribution is 2.33. The summed E-state index contributed by atoms with van der Waals surface area (Å²) in [5, 5.41) is 2.84. The fraction of sp³-hybridized carbons (Fsp3) is 0.333. The van der Waals surface area contributed by atoms with Gasteiger partial charge in [-0.15, -0.1) is 0 Å². The molecular formula is C30H34F3N3O4S. The molecule has 0 aliphatic rings. The molecule has 0 saturated carbocycles. The molecule has 3 aromatic carbocycles. The molecule has 0 fully saturated rings. The first kappa shape index (κ1) is 31.7. The summed E-state index contributed by atoms with van der Waals surface area (Å²) in [5.74, 6) is -1.19. The second-order valence-electron chi connectivity index (χ2n) is 9.88. The number of alkyl halides is 3. The average Bonchev–Trinajstić information content (AvgIpc) is 2.94. The summed E-state index contributed by atoms with van der Waals surface area (Å²) in [6.07, 6.45) is -4.08. The van der Waals surface area contributed by atoms with E-state index in [2.05, 4.69) is 5.32 Å². The first-order chi connectivity index (χ1) is 19.2. The van der Waals surface area contributed by atoms with Crippen LogP contribution in [0, 0.1) is 6.92 Å². The Kier molecular flexibility index (Phi) is 10.2. The maximum atomic E-state index is 13.9. The van der Waals surface area contributed by atoms with Gasteiger partial charge in [-0.25, -0.2) is 8.42 Å². The summed E-state index contributed by atoms with van der Waals surface area (Å²) in [5.41, 5.74) is 0.236. The number of hydrogen-bond acceptors (Lipinski definition) is 4. The number of anilines is 1. The van der Waals surface area contributed by atoms with Crippen molar-refractivity contribution in [1.29, 1.82) is 0 Å². The van der Waals surface area contributed by atoms with E-state index in [-0.39, 0.29) is 23.2 Å². The lowest BCUT2D eigenvalue weighted by atomic mass is 10.1. The predicted molar refractivity (Wildman–Crippen MR) is 152 cm³/mol. The molecule has 0 radical (unpaired) electrons. The number of nitrogens with one attached hydrogen (secondary N) is 1. The highest BCUT2D eigenvalue weighted by molar-refractivity contribution is 7.92. The SMILES string of the molecule is CC[C@H](C)NC(=O)[C@H](C)N(Cc1cccc(C)c1)C(=O)CN(c1cccc(C(F)(F)F)c1)S(=O)(=O)c1ccccc1. The van der Waals surface area contributed by atoms with Crippen molar-refractivity contribution in [3.63, 3.8) is 0 Å². The average molecular weight is 590 g/mol. The first-order valence-electron chi connectivity index (χ1n) is 13.1. The Labute approximate surface area is 239 Å². The molecule has 1 N–H and O–H groups in total. The molecule has 220 valence electrons. The van der Waals surface area contributed by atoms with E-state index in [0.717, 1.165) is 17.7 Å². The molecule has 3 aromatic rings. The summed E-state index contributed by atoms with van der Waals surface area (Å²) in [6, 6.07) is 17.1. The van der Waals surface area contributed by atoms with Crippen LogP contribution in [-0.4, -0.2) is 43.8 Å². The largest absolute Gasteiger partial charge is 0.416 e. The van der Waals surface area contributed by atoms with Crippen molar-refractivity contribution in [3.8, 4) is 0 Å². The van der Waals surface area contributed by atoms with Crippen LogP contribution in [0.25, 0.3) is 0 Å². The number of carbonyl (C=O) groups is 2. The van der Waals surface area contributed by atoms with E-state index in [1.54, 1.807) is 18.2 Å². The van der Waals surface area contributed by atoms with Crippen molar-refractivity contribution in [2.24, 2.45) is 0 Å². The molecule has 11 heteroatoms. The molecule has 0 heterocycles. The lowest BCUT2D eigenvalue weighted by molar-refractivity contribution is -0.139. The molecule has 2 atom stereocenters. The lowest BCUT2D eigenvalue weighted by Crippen LogP contribution is -2.52. The molecule has 0 aromatic heterocycles. The topological polar surface area (TPSA) is 86.8 Å². The molecule has 0 unspecified atom stereocenters. The van der Waals surface area contributed by atoms with Crippen molar-refractivity contribution in [3.05, 3.63) is 95.6 Å². The van der Waals surface area contributed by atoms with Crippen LogP contribution in [-0.2, 0) is 32.3 Å². The van der Waals surface area contributed by atoms with Crippen LogP contribution in [0.1, 0.15) is 43.9 Å². The molecule has 2 amide bonds. The fourth-order valence-corrected chi connectivity index (χ4v) is 5.57. The second kappa shape index (κ2) is 13.2. The zero-order valence-electron chi connectivity index (χ0n) is 23.4. The number of hydrogen-bond donors (Lipinski definition) is 1. The number of carbonyl (C=O) groups excluding carboxylic acids is 2. The zero-order valence-corrected chi connectivity index (χ0v) is 24.2. The van der Waals surface area contributed by atoms with Crippen LogP contribution in [0.5, 0.6) is 0 Å². The van der Waals surface area contributed by atoms with Gasteiger partial charge in [0.15, 0.2) is 0 Å². The van der Waals surface area contributed by atoms with Gasteiger partial charge in [0.05, 0.1) is 16.1 Å². The van der Waals surface area contributed by atoms with Crippen molar-refractivity contribution in [2.75, 3.05) is 10.8 Å². The van der Waals surface area contributed by atoms with Crippen molar-refractivity contribution in [2.45, 2.75) is 63.8 Å². The van der Waals surface area contributed by atoms with Crippen LogP contribution in [0.3, 0.4) is 0 Å². The number of rotatable bonds is 11. The third-order valence-electron chi connectivity index (χ3n) is 6.68. The second-order valence-corrected chi connectivity index (χ2v) is 11.7. The molecule has 7 nitrogen and oxygen atoms in total. The number of aryl methyl sites for hydroxylation is 1. The molecule has 0 bridgehead atoms. The summed E-state index contributed by atoms with van der Waals surface area (Å²) in [7, 11) is -4.48. The Morgan fingerprint density at radius 1 is 0.927 bits per heavy atom. The van der Waals surface area contributed by atoms with Gasteiger partial charge < -0.3 is 10.2 Å². The van der Waals surface area contributed by atoms with E-state index in [1.807, 2.05) is 32.9 Å². The minimum Gasteiger partial charge on any atom is -0.352 e. The third kappa shape index (κ3) is 8.09. The summed E-state index contributed by atoms with van der Waals surface area (Å²) in [6.45, 7) is 6.27. The number of amides is 2. The van der Waals surface area contributed by atoms with E-state index >= 15 is 0 Å². The van der Waals surface area contributed by atoms with Gasteiger partial charge in [0.2, 0.25) is 11.8 Å². The maximum absolute atomic E-state index is 13.9. The van der Waals surface area contributed by atoms with Gasteiger partial charge in [-0.1, -0.05) is 61.0 Å². The van der Waals surface area contributed by atoms with E-state index in [9.17, 15) is 31.2 Å². The Morgan fingerprint density at radius 3 is 2.20 bits per heavy atom. The molecule has 0 saturated heterocycles. The lowest BCUT2D eigenvalue weighted by Gasteiger charge is -2.32. The zero-order chi connectivity index (χ0) is 30.4. The van der Waals surface area contributed by atoms with Gasteiger partial charge in [0.1, 0.15) is 12.6 Å². The maximum Gasteiger partial charge on any atom is 0.416 e. The highest BCUT2D eigenvalue weighted by atomic mass is 32.2. The van der Waals surface area contributed by atoms with Crippen LogP contribution in [0.15, 0.2) is 83.8 Å². The van der Waals surface area contributed by atoms with Gasteiger partial charge >= 0.3 is 6.18 Å². The van der Waals surface area contributed by atoms with Crippen molar-refractivity contribution < 1.29 is 31.2 Å². The minimum absolute atomic E-state index is 0.0164. The van der Waals surface area contributed by atoms with Crippen LogP contribution >= 0.6 is 0 Å². The van der Waals surface area contributed by atoms with Gasteiger partial charge in [-0.05, 0) is 63.1 Å². The summed E-state index contributed by atoms with van der Waals surface area (Å²) in [4.78, 5) is 28.0. The van der Waals surface area contributed by atoms with E-state index in [0.29, 0.717) is 22.4 Å². The fourth-order valence-electron chi connectivity index (χ4n) is 4.14. The quantitative estimate of drug-likeness (QED) is 0.318. The minimum atomic E-state index is -4.73. The number of benzene rings is 3. The molecular weight excluding hydrogens is 555 g/mol. The van der Waals surface area contributed by atoms with Gasteiger partial charge in [-0.2, -0.15) is 13.2 Å². The molecule has 0 spiro atoms. The molecule has 0 aliphatic carbocycles. The Bertz CT molecular complexity index is 1460. The third-order valence-corrected chi connectivity index (χ3v) is 8.46. The normalized spacial score (nSPS) is 13.2. The Hall–Kier alpha value is -3.86. The standard InChI is InChI=1S/C30H34F3N3O4S/c1-5-22(3)34-29(38)23(4)35(19-24-12-9-11-21(2)17-24)28(37)20-36(41(39,40)27-15-7-6-8-16-27)26-14-10-13-25(18-26)30(31,32)33/h6-18,22-23H,5,19-20H2,1-4H3,(H,34,38)/t22-,23-/m0/s1. The van der Waals surface area contributed by atoms with Crippen LogP contribution in [0.2, 0.25) is 0 Å². The van der Waals surface area contributed by atoms with Gasteiger partial charge in [0, 0.05) is 12.6 Å². The van der Waals surface area contributed by atoms with Gasteiger partial charge in [0.25, 0.3) is 10.0 Å².